The van der Waals surface area contributed by atoms with Crippen molar-refractivity contribution in [2.24, 2.45) is 0 Å². The molecule has 0 heterocycles. The van der Waals surface area contributed by atoms with Gasteiger partial charge in [-0.1, -0.05) is 25.1 Å². The minimum atomic E-state index is -0.766. The Balaban J connectivity index is 2.69. The first-order chi connectivity index (χ1) is 7.46. The molecular formula is C12H17NO3. The van der Waals surface area contributed by atoms with Crippen LogP contribution in [-0.4, -0.2) is 16.9 Å². The third kappa shape index (κ3) is 3.24. The zero-order valence-electron chi connectivity index (χ0n) is 9.80. The Morgan fingerprint density at radius 1 is 1.38 bits per heavy atom. The lowest BCUT2D eigenvalue weighted by Crippen LogP contribution is -2.35. The number of nitrogens with zero attached hydrogens (tertiary/aromatic N) is 1. The molecule has 0 aliphatic carbocycles. The van der Waals surface area contributed by atoms with Crippen LogP contribution in [0.15, 0.2) is 30.3 Å². The number of benzene rings is 1. The van der Waals surface area contributed by atoms with Crippen molar-refractivity contribution in [2.45, 2.75) is 32.8 Å². The van der Waals surface area contributed by atoms with E-state index in [4.69, 9.17) is 4.74 Å². The van der Waals surface area contributed by atoms with Gasteiger partial charge < -0.3 is 4.74 Å². The minimum absolute atomic E-state index is 0.388. The molecule has 1 aromatic carbocycles. The first-order valence-electron chi connectivity index (χ1n) is 5.23. The van der Waals surface area contributed by atoms with Crippen LogP contribution < -0.4 is 5.06 Å². The maximum absolute atomic E-state index is 11.6. The van der Waals surface area contributed by atoms with Gasteiger partial charge in [-0.05, 0) is 32.4 Å². The molecule has 1 amide bonds. The lowest BCUT2D eigenvalue weighted by molar-refractivity contribution is 0.0261. The van der Waals surface area contributed by atoms with E-state index < -0.39 is 11.7 Å². The number of anilines is 1. The van der Waals surface area contributed by atoms with Crippen LogP contribution in [0.4, 0.5) is 10.5 Å². The van der Waals surface area contributed by atoms with Crippen LogP contribution in [0, 0.1) is 0 Å². The Morgan fingerprint density at radius 2 is 1.94 bits per heavy atom. The van der Waals surface area contributed by atoms with Gasteiger partial charge in [0.15, 0.2) is 0 Å². The van der Waals surface area contributed by atoms with Crippen molar-refractivity contribution >= 4 is 11.8 Å². The highest BCUT2D eigenvalue weighted by Gasteiger charge is 2.24. The van der Waals surface area contributed by atoms with E-state index in [1.807, 2.05) is 6.92 Å². The quantitative estimate of drug-likeness (QED) is 0.632. The van der Waals surface area contributed by atoms with Crippen LogP contribution >= 0.6 is 0 Å². The molecule has 1 rings (SSSR count). The van der Waals surface area contributed by atoms with Crippen LogP contribution in [-0.2, 0) is 4.74 Å². The van der Waals surface area contributed by atoms with Crippen LogP contribution in [0.3, 0.4) is 0 Å². The van der Waals surface area contributed by atoms with Crippen molar-refractivity contribution in [3.8, 4) is 0 Å². The third-order valence-electron chi connectivity index (χ3n) is 2.39. The SMILES string of the molecule is CCC(C)(C)OC(=O)N(O)c1ccccc1. The summed E-state index contributed by atoms with van der Waals surface area (Å²) in [7, 11) is 0. The van der Waals surface area contributed by atoms with Crippen molar-refractivity contribution in [3.63, 3.8) is 0 Å². The highest BCUT2D eigenvalue weighted by molar-refractivity contribution is 5.85. The summed E-state index contributed by atoms with van der Waals surface area (Å²) in [5.74, 6) is 0. The van der Waals surface area contributed by atoms with Gasteiger partial charge in [0, 0.05) is 0 Å². The number of amides is 1. The van der Waals surface area contributed by atoms with E-state index in [0.717, 1.165) is 0 Å². The van der Waals surface area contributed by atoms with E-state index >= 15 is 0 Å². The molecule has 16 heavy (non-hydrogen) atoms. The average molecular weight is 223 g/mol. The zero-order chi connectivity index (χ0) is 12.2. The number of hydrogen-bond acceptors (Lipinski definition) is 3. The molecule has 0 radical (unpaired) electrons. The Bertz CT molecular complexity index is 349. The fourth-order valence-electron chi connectivity index (χ4n) is 1.03. The van der Waals surface area contributed by atoms with Gasteiger partial charge >= 0.3 is 6.09 Å². The first kappa shape index (κ1) is 12.5. The van der Waals surface area contributed by atoms with E-state index in [-0.39, 0.29) is 0 Å². The van der Waals surface area contributed by atoms with E-state index in [9.17, 15) is 10.0 Å². The standard InChI is InChI=1S/C12H17NO3/c1-4-12(2,3)16-11(14)13(15)10-8-6-5-7-9-10/h5-9,15H,4H2,1-3H3. The van der Waals surface area contributed by atoms with Gasteiger partial charge in [-0.3, -0.25) is 5.21 Å². The third-order valence-corrected chi connectivity index (χ3v) is 2.39. The number of carbonyl (C=O) groups is 1. The van der Waals surface area contributed by atoms with E-state index in [1.54, 1.807) is 44.2 Å². The summed E-state index contributed by atoms with van der Waals surface area (Å²) < 4.78 is 5.14. The summed E-state index contributed by atoms with van der Waals surface area (Å²) in [5.41, 5.74) is -0.188. The number of hydroxylamine groups is 1. The van der Waals surface area contributed by atoms with Crippen LogP contribution in [0.2, 0.25) is 0 Å². The van der Waals surface area contributed by atoms with Gasteiger partial charge in [-0.25, -0.2) is 4.79 Å². The Kier molecular flexibility index (Phi) is 3.90. The molecule has 0 unspecified atom stereocenters. The summed E-state index contributed by atoms with van der Waals surface area (Å²) in [6.07, 6.45) is -0.0838. The van der Waals surface area contributed by atoms with Gasteiger partial charge in [0.2, 0.25) is 0 Å². The lowest BCUT2D eigenvalue weighted by atomic mass is 10.1. The lowest BCUT2D eigenvalue weighted by Gasteiger charge is -2.25. The number of carbonyl (C=O) groups excluding carboxylic acids is 1. The highest BCUT2D eigenvalue weighted by atomic mass is 16.6. The zero-order valence-corrected chi connectivity index (χ0v) is 9.80. The fraction of sp³-hybridized carbons (Fsp3) is 0.417. The normalized spacial score (nSPS) is 11.0. The number of hydrogen-bond donors (Lipinski definition) is 1. The topological polar surface area (TPSA) is 49.8 Å². The number of para-hydroxylation sites is 1. The van der Waals surface area contributed by atoms with E-state index in [0.29, 0.717) is 17.2 Å². The smallest absolute Gasteiger partial charge is 0.439 e. The molecule has 0 atom stereocenters. The summed E-state index contributed by atoms with van der Waals surface area (Å²) in [6.45, 7) is 5.50. The van der Waals surface area contributed by atoms with E-state index in [1.165, 1.54) is 0 Å². The van der Waals surface area contributed by atoms with Crippen molar-refractivity contribution in [3.05, 3.63) is 30.3 Å². The first-order valence-corrected chi connectivity index (χ1v) is 5.23. The van der Waals surface area contributed by atoms with Crippen LogP contribution in [0.25, 0.3) is 0 Å². The van der Waals surface area contributed by atoms with Crippen LogP contribution in [0.5, 0.6) is 0 Å². The van der Waals surface area contributed by atoms with Crippen LogP contribution in [0.1, 0.15) is 27.2 Å². The second-order valence-corrected chi connectivity index (χ2v) is 4.13. The molecule has 0 saturated carbocycles. The van der Waals surface area contributed by atoms with Gasteiger partial charge in [-0.15, -0.1) is 0 Å². The molecule has 4 heteroatoms. The number of rotatable bonds is 3. The maximum Gasteiger partial charge on any atom is 0.439 e. The molecule has 1 N–H and O–H groups in total. The minimum Gasteiger partial charge on any atom is -0.442 e. The predicted octanol–water partition coefficient (Wildman–Crippen LogP) is 3.21. The summed E-state index contributed by atoms with van der Waals surface area (Å²) in [6, 6.07) is 8.52. The molecule has 0 saturated heterocycles. The molecule has 0 fully saturated rings. The summed E-state index contributed by atoms with van der Waals surface area (Å²) >= 11 is 0. The van der Waals surface area contributed by atoms with Crippen molar-refractivity contribution in [1.82, 2.24) is 0 Å². The van der Waals surface area contributed by atoms with Gasteiger partial charge in [0.05, 0.1) is 5.69 Å². The number of ether oxygens (including phenoxy) is 1. The molecule has 0 spiro atoms. The van der Waals surface area contributed by atoms with Gasteiger partial charge in [-0.2, -0.15) is 5.06 Å². The fourth-order valence-corrected chi connectivity index (χ4v) is 1.03. The van der Waals surface area contributed by atoms with Crippen molar-refractivity contribution < 1.29 is 14.7 Å². The summed E-state index contributed by atoms with van der Waals surface area (Å²) in [5, 5.41) is 10.1. The molecule has 88 valence electrons. The van der Waals surface area contributed by atoms with Crippen molar-refractivity contribution in [2.75, 3.05) is 5.06 Å². The van der Waals surface area contributed by atoms with Gasteiger partial charge in [0.1, 0.15) is 5.60 Å². The van der Waals surface area contributed by atoms with E-state index in [2.05, 4.69) is 0 Å². The largest absolute Gasteiger partial charge is 0.442 e. The van der Waals surface area contributed by atoms with Gasteiger partial charge in [0.25, 0.3) is 0 Å². The molecular weight excluding hydrogens is 206 g/mol. The molecule has 0 aliphatic rings. The molecule has 4 nitrogen and oxygen atoms in total. The molecule has 0 aromatic heterocycles. The predicted molar refractivity (Wildman–Crippen MR) is 61.6 cm³/mol. The van der Waals surface area contributed by atoms with Crippen molar-refractivity contribution in [1.29, 1.82) is 0 Å². The Labute approximate surface area is 95.4 Å². The molecule has 0 aliphatic heterocycles. The average Bonchev–Trinajstić information content (AvgIpc) is 2.28. The summed E-state index contributed by atoms with van der Waals surface area (Å²) in [4.78, 5) is 11.6. The maximum atomic E-state index is 11.6. The monoisotopic (exact) mass is 223 g/mol. The Hall–Kier alpha value is -1.55. The second-order valence-electron chi connectivity index (χ2n) is 4.13. The second kappa shape index (κ2) is 4.99. The highest BCUT2D eigenvalue weighted by Crippen LogP contribution is 2.18. The Morgan fingerprint density at radius 3 is 2.44 bits per heavy atom. The molecule has 0 bridgehead atoms. The molecule has 1 aromatic rings.